The van der Waals surface area contributed by atoms with Crippen LogP contribution in [-0.2, 0) is 4.79 Å². The first-order chi connectivity index (χ1) is 5.45. The molecule has 0 aromatic rings. The molecule has 72 valence electrons. The van der Waals surface area contributed by atoms with Crippen molar-refractivity contribution in [2.75, 3.05) is 0 Å². The molecule has 0 aliphatic heterocycles. The van der Waals surface area contributed by atoms with Gasteiger partial charge in [-0.1, -0.05) is 13.8 Å². The SMILES string of the molecule is CC(C)CC[C@H](O)[C@H](N)C(=O)O. The summed E-state index contributed by atoms with van der Waals surface area (Å²) in [5.74, 6) is -0.688. The number of carboxylic acids is 1. The van der Waals surface area contributed by atoms with Gasteiger partial charge in [-0.2, -0.15) is 0 Å². The number of aliphatic carboxylic acids is 1. The Balaban J connectivity index is 3.71. The van der Waals surface area contributed by atoms with Crippen molar-refractivity contribution in [3.63, 3.8) is 0 Å². The van der Waals surface area contributed by atoms with Gasteiger partial charge in [-0.25, -0.2) is 0 Å². The molecule has 0 radical (unpaired) electrons. The molecule has 0 aromatic carbocycles. The Kier molecular flexibility index (Phi) is 4.85. The third-order valence-electron chi connectivity index (χ3n) is 1.74. The highest BCUT2D eigenvalue weighted by atomic mass is 16.4. The van der Waals surface area contributed by atoms with E-state index in [-0.39, 0.29) is 0 Å². The van der Waals surface area contributed by atoms with E-state index in [9.17, 15) is 9.90 Å². The van der Waals surface area contributed by atoms with Crippen LogP contribution in [0.5, 0.6) is 0 Å². The van der Waals surface area contributed by atoms with Gasteiger partial charge in [-0.05, 0) is 18.8 Å². The van der Waals surface area contributed by atoms with Crippen LogP contribution in [0.3, 0.4) is 0 Å². The zero-order chi connectivity index (χ0) is 9.72. The Morgan fingerprint density at radius 1 is 1.42 bits per heavy atom. The second-order valence-electron chi connectivity index (χ2n) is 3.40. The van der Waals surface area contributed by atoms with Gasteiger partial charge in [0.15, 0.2) is 0 Å². The van der Waals surface area contributed by atoms with Crippen LogP contribution in [0, 0.1) is 5.92 Å². The smallest absolute Gasteiger partial charge is 0.323 e. The highest BCUT2D eigenvalue weighted by Gasteiger charge is 2.21. The summed E-state index contributed by atoms with van der Waals surface area (Å²) < 4.78 is 0. The maximum atomic E-state index is 10.3. The molecule has 0 heterocycles. The quantitative estimate of drug-likeness (QED) is 0.557. The van der Waals surface area contributed by atoms with Crippen molar-refractivity contribution >= 4 is 5.97 Å². The number of aliphatic hydroxyl groups is 1. The lowest BCUT2D eigenvalue weighted by Crippen LogP contribution is -2.41. The lowest BCUT2D eigenvalue weighted by molar-refractivity contribution is -0.141. The fourth-order valence-electron chi connectivity index (χ4n) is 0.848. The molecule has 0 aromatic heterocycles. The number of nitrogens with two attached hydrogens (primary N) is 1. The molecule has 0 amide bonds. The van der Waals surface area contributed by atoms with Gasteiger partial charge in [0.05, 0.1) is 6.10 Å². The molecule has 0 saturated heterocycles. The largest absolute Gasteiger partial charge is 0.480 e. The second kappa shape index (κ2) is 5.11. The van der Waals surface area contributed by atoms with E-state index < -0.39 is 18.1 Å². The Labute approximate surface area is 72.4 Å². The molecule has 0 unspecified atom stereocenters. The molecule has 0 saturated carbocycles. The summed E-state index contributed by atoms with van der Waals surface area (Å²) in [6.45, 7) is 4.03. The van der Waals surface area contributed by atoms with E-state index in [2.05, 4.69) is 0 Å². The second-order valence-corrected chi connectivity index (χ2v) is 3.40. The summed E-state index contributed by atoms with van der Waals surface area (Å²) in [5, 5.41) is 17.7. The molecule has 0 bridgehead atoms. The van der Waals surface area contributed by atoms with Gasteiger partial charge in [0.25, 0.3) is 0 Å². The van der Waals surface area contributed by atoms with Crippen molar-refractivity contribution in [3.05, 3.63) is 0 Å². The van der Waals surface area contributed by atoms with Gasteiger partial charge in [-0.3, -0.25) is 4.79 Å². The van der Waals surface area contributed by atoms with Crippen LogP contribution in [0.4, 0.5) is 0 Å². The Morgan fingerprint density at radius 3 is 2.25 bits per heavy atom. The first kappa shape index (κ1) is 11.4. The minimum absolute atomic E-state index is 0.450. The molecule has 4 N–H and O–H groups in total. The van der Waals surface area contributed by atoms with Crippen LogP contribution in [0.15, 0.2) is 0 Å². The van der Waals surface area contributed by atoms with Crippen LogP contribution >= 0.6 is 0 Å². The molecule has 4 nitrogen and oxygen atoms in total. The first-order valence-corrected chi connectivity index (χ1v) is 4.11. The molecule has 12 heavy (non-hydrogen) atoms. The standard InChI is InChI=1S/C8H17NO3/c1-5(2)3-4-6(10)7(9)8(11)12/h5-7,10H,3-4,9H2,1-2H3,(H,11,12)/t6-,7-/m0/s1. The van der Waals surface area contributed by atoms with E-state index in [0.717, 1.165) is 6.42 Å². The lowest BCUT2D eigenvalue weighted by Gasteiger charge is -2.15. The van der Waals surface area contributed by atoms with E-state index in [1.165, 1.54) is 0 Å². The van der Waals surface area contributed by atoms with Crippen molar-refractivity contribution in [1.82, 2.24) is 0 Å². The average Bonchev–Trinajstić information content (AvgIpc) is 1.98. The molecule has 0 fully saturated rings. The molecule has 0 aliphatic carbocycles. The third-order valence-corrected chi connectivity index (χ3v) is 1.74. The first-order valence-electron chi connectivity index (χ1n) is 4.11. The summed E-state index contributed by atoms with van der Waals surface area (Å²) in [5.41, 5.74) is 5.20. The van der Waals surface area contributed by atoms with E-state index in [1.54, 1.807) is 0 Å². The van der Waals surface area contributed by atoms with Crippen LogP contribution in [0.25, 0.3) is 0 Å². The fourth-order valence-corrected chi connectivity index (χ4v) is 0.848. The summed E-state index contributed by atoms with van der Waals surface area (Å²) >= 11 is 0. The lowest BCUT2D eigenvalue weighted by atomic mass is 10.0. The topological polar surface area (TPSA) is 83.5 Å². The van der Waals surface area contributed by atoms with Gasteiger partial charge in [-0.15, -0.1) is 0 Å². The number of carboxylic acid groups (broad SMARTS) is 1. The van der Waals surface area contributed by atoms with Crippen molar-refractivity contribution in [1.29, 1.82) is 0 Å². The fraction of sp³-hybridized carbons (Fsp3) is 0.875. The molecule has 2 atom stereocenters. The summed E-state index contributed by atoms with van der Waals surface area (Å²) in [4.78, 5) is 10.3. The Morgan fingerprint density at radius 2 is 1.92 bits per heavy atom. The molecule has 0 spiro atoms. The zero-order valence-corrected chi connectivity index (χ0v) is 7.53. The molecular formula is C8H17NO3. The third kappa shape index (κ3) is 4.31. The van der Waals surface area contributed by atoms with Crippen LogP contribution < -0.4 is 5.73 Å². The monoisotopic (exact) mass is 175 g/mol. The summed E-state index contributed by atoms with van der Waals surface area (Å²) in [6, 6.07) is -1.15. The molecule has 0 aliphatic rings. The van der Waals surface area contributed by atoms with Gasteiger partial charge in [0.2, 0.25) is 0 Å². The number of aliphatic hydroxyl groups excluding tert-OH is 1. The van der Waals surface area contributed by atoms with E-state index >= 15 is 0 Å². The van der Waals surface area contributed by atoms with Gasteiger partial charge in [0.1, 0.15) is 6.04 Å². The minimum atomic E-state index is -1.15. The van der Waals surface area contributed by atoms with Crippen LogP contribution in [0.2, 0.25) is 0 Å². The van der Waals surface area contributed by atoms with Crippen molar-refractivity contribution in [2.45, 2.75) is 38.8 Å². The normalized spacial score (nSPS) is 16.1. The Hall–Kier alpha value is -0.610. The van der Waals surface area contributed by atoms with Crippen LogP contribution in [0.1, 0.15) is 26.7 Å². The van der Waals surface area contributed by atoms with Crippen molar-refractivity contribution < 1.29 is 15.0 Å². The maximum absolute atomic E-state index is 10.3. The molecule has 0 rings (SSSR count). The van der Waals surface area contributed by atoms with Crippen molar-refractivity contribution in [2.24, 2.45) is 11.7 Å². The predicted octanol–water partition coefficient (Wildman–Crippen LogP) is 0.195. The highest BCUT2D eigenvalue weighted by Crippen LogP contribution is 2.08. The molecule has 4 heteroatoms. The van der Waals surface area contributed by atoms with Crippen LogP contribution in [-0.4, -0.2) is 28.3 Å². The highest BCUT2D eigenvalue weighted by molar-refractivity contribution is 5.73. The molecular weight excluding hydrogens is 158 g/mol. The minimum Gasteiger partial charge on any atom is -0.480 e. The zero-order valence-electron chi connectivity index (χ0n) is 7.53. The van der Waals surface area contributed by atoms with E-state index in [0.29, 0.717) is 12.3 Å². The summed E-state index contributed by atoms with van der Waals surface area (Å²) in [7, 11) is 0. The van der Waals surface area contributed by atoms with Gasteiger partial charge >= 0.3 is 5.97 Å². The van der Waals surface area contributed by atoms with Crippen molar-refractivity contribution in [3.8, 4) is 0 Å². The van der Waals surface area contributed by atoms with E-state index in [1.807, 2.05) is 13.8 Å². The Bertz CT molecular complexity index is 147. The van der Waals surface area contributed by atoms with E-state index in [4.69, 9.17) is 10.8 Å². The van der Waals surface area contributed by atoms with Gasteiger partial charge in [0, 0.05) is 0 Å². The average molecular weight is 175 g/mol. The number of hydrogen-bond acceptors (Lipinski definition) is 3. The number of hydrogen-bond donors (Lipinski definition) is 3. The predicted molar refractivity (Wildman–Crippen MR) is 45.7 cm³/mol. The number of rotatable bonds is 5. The summed E-state index contributed by atoms with van der Waals surface area (Å²) in [6.07, 6.45) is 0.317. The van der Waals surface area contributed by atoms with Gasteiger partial charge < -0.3 is 15.9 Å². The number of carbonyl (C=O) groups is 1. The maximum Gasteiger partial charge on any atom is 0.323 e.